The maximum absolute atomic E-state index is 5.57. The molecule has 2 N–H and O–H groups in total. The highest BCUT2D eigenvalue weighted by Crippen LogP contribution is 2.33. The van der Waals surface area contributed by atoms with Crippen LogP contribution in [-0.4, -0.2) is 20.8 Å². The van der Waals surface area contributed by atoms with Crippen LogP contribution in [0.4, 0.5) is 0 Å². The van der Waals surface area contributed by atoms with Crippen molar-refractivity contribution in [3.05, 3.63) is 23.8 Å². The lowest BCUT2D eigenvalue weighted by Crippen LogP contribution is -2.04. The van der Waals surface area contributed by atoms with Crippen molar-refractivity contribution in [2.24, 2.45) is 5.73 Å². The van der Waals surface area contributed by atoms with Gasteiger partial charge < -0.3 is 15.2 Å². The van der Waals surface area contributed by atoms with Crippen LogP contribution in [0, 0.1) is 0 Å². The summed E-state index contributed by atoms with van der Waals surface area (Å²) in [5.74, 6) is 2.14. The molecule has 3 nitrogen and oxygen atoms in total. The smallest absolute Gasteiger partial charge is 0.160 e. The number of rotatable bonds is 7. The highest BCUT2D eigenvalue weighted by atomic mass is 16.5. The van der Waals surface area contributed by atoms with Gasteiger partial charge in [-0.3, -0.25) is 0 Å². The van der Waals surface area contributed by atoms with E-state index in [4.69, 9.17) is 15.2 Å². The second-order valence-corrected chi connectivity index (χ2v) is 4.15. The van der Waals surface area contributed by atoms with Gasteiger partial charge in [0.2, 0.25) is 0 Å². The number of ether oxygens (including phenoxy) is 2. The normalized spacial score (nSPS) is 12.2. The molecule has 0 aliphatic carbocycles. The van der Waals surface area contributed by atoms with Crippen LogP contribution < -0.4 is 15.2 Å². The summed E-state index contributed by atoms with van der Waals surface area (Å²) in [4.78, 5) is 0. The number of nitrogens with two attached hydrogens (primary N) is 1. The SMILES string of the molecule is CCC(CCCN)c1ccc(OC)c(OC)c1. The number of hydrogen-bond acceptors (Lipinski definition) is 3. The Labute approximate surface area is 104 Å². The van der Waals surface area contributed by atoms with Crippen molar-refractivity contribution in [2.45, 2.75) is 32.1 Å². The summed E-state index contributed by atoms with van der Waals surface area (Å²) in [5.41, 5.74) is 6.87. The fourth-order valence-corrected chi connectivity index (χ4v) is 2.08. The van der Waals surface area contributed by atoms with Gasteiger partial charge >= 0.3 is 0 Å². The lowest BCUT2D eigenvalue weighted by molar-refractivity contribution is 0.354. The fourth-order valence-electron chi connectivity index (χ4n) is 2.08. The van der Waals surface area contributed by atoms with Gasteiger partial charge in [0.25, 0.3) is 0 Å². The third-order valence-corrected chi connectivity index (χ3v) is 3.13. The van der Waals surface area contributed by atoms with E-state index in [1.807, 2.05) is 6.07 Å². The second-order valence-electron chi connectivity index (χ2n) is 4.15. The van der Waals surface area contributed by atoms with E-state index in [1.165, 1.54) is 5.56 Å². The molecule has 17 heavy (non-hydrogen) atoms. The van der Waals surface area contributed by atoms with Crippen molar-refractivity contribution >= 4 is 0 Å². The first-order chi connectivity index (χ1) is 8.26. The molecule has 0 aliphatic rings. The zero-order valence-electron chi connectivity index (χ0n) is 11.0. The molecule has 1 rings (SSSR count). The molecule has 0 amide bonds. The molecular weight excluding hydrogens is 214 g/mol. The predicted molar refractivity (Wildman–Crippen MR) is 70.9 cm³/mol. The second kappa shape index (κ2) is 7.17. The summed E-state index contributed by atoms with van der Waals surface area (Å²) in [6.45, 7) is 2.96. The first-order valence-corrected chi connectivity index (χ1v) is 6.18. The highest BCUT2D eigenvalue weighted by Gasteiger charge is 2.12. The van der Waals surface area contributed by atoms with Crippen molar-refractivity contribution in [1.29, 1.82) is 0 Å². The zero-order valence-corrected chi connectivity index (χ0v) is 11.0. The zero-order chi connectivity index (χ0) is 12.7. The Morgan fingerprint density at radius 2 is 1.88 bits per heavy atom. The summed E-state index contributed by atoms with van der Waals surface area (Å²) in [6, 6.07) is 6.16. The van der Waals surface area contributed by atoms with E-state index >= 15 is 0 Å². The van der Waals surface area contributed by atoms with Gasteiger partial charge in [0.1, 0.15) is 0 Å². The largest absolute Gasteiger partial charge is 0.493 e. The van der Waals surface area contributed by atoms with Crippen LogP contribution in [0.1, 0.15) is 37.7 Å². The maximum atomic E-state index is 5.57. The Bertz CT molecular complexity index is 339. The van der Waals surface area contributed by atoms with Crippen LogP contribution in [0.2, 0.25) is 0 Å². The molecule has 0 heterocycles. The molecule has 1 unspecified atom stereocenters. The predicted octanol–water partition coefficient (Wildman–Crippen LogP) is 2.94. The Balaban J connectivity index is 2.88. The van der Waals surface area contributed by atoms with E-state index in [-0.39, 0.29) is 0 Å². The first-order valence-electron chi connectivity index (χ1n) is 6.18. The van der Waals surface area contributed by atoms with E-state index in [2.05, 4.69) is 19.1 Å². The van der Waals surface area contributed by atoms with E-state index in [1.54, 1.807) is 14.2 Å². The van der Waals surface area contributed by atoms with Crippen molar-refractivity contribution in [3.8, 4) is 11.5 Å². The summed E-state index contributed by atoms with van der Waals surface area (Å²) < 4.78 is 10.6. The van der Waals surface area contributed by atoms with Gasteiger partial charge in [0, 0.05) is 0 Å². The third-order valence-electron chi connectivity index (χ3n) is 3.13. The minimum atomic E-state index is 0.554. The van der Waals surface area contributed by atoms with Crippen LogP contribution in [0.15, 0.2) is 18.2 Å². The third kappa shape index (κ3) is 3.63. The van der Waals surface area contributed by atoms with Crippen LogP contribution in [0.25, 0.3) is 0 Å². The molecule has 0 radical (unpaired) electrons. The van der Waals surface area contributed by atoms with Crippen molar-refractivity contribution in [3.63, 3.8) is 0 Å². The van der Waals surface area contributed by atoms with Crippen LogP contribution in [0.5, 0.6) is 11.5 Å². The van der Waals surface area contributed by atoms with Crippen LogP contribution in [0.3, 0.4) is 0 Å². The van der Waals surface area contributed by atoms with Gasteiger partial charge in [-0.15, -0.1) is 0 Å². The van der Waals surface area contributed by atoms with Crippen molar-refractivity contribution in [1.82, 2.24) is 0 Å². The molecule has 0 spiro atoms. The van der Waals surface area contributed by atoms with Gasteiger partial charge in [0.05, 0.1) is 14.2 Å². The fraction of sp³-hybridized carbons (Fsp3) is 0.571. The lowest BCUT2D eigenvalue weighted by atomic mass is 9.91. The molecule has 0 aromatic heterocycles. The number of hydrogen-bond donors (Lipinski definition) is 1. The molecule has 0 saturated carbocycles. The topological polar surface area (TPSA) is 44.5 Å². The van der Waals surface area contributed by atoms with Gasteiger partial charge in [-0.2, -0.15) is 0 Å². The lowest BCUT2D eigenvalue weighted by Gasteiger charge is -2.17. The molecule has 96 valence electrons. The van der Waals surface area contributed by atoms with E-state index in [0.29, 0.717) is 5.92 Å². The number of benzene rings is 1. The van der Waals surface area contributed by atoms with Gasteiger partial charge in [-0.1, -0.05) is 13.0 Å². The monoisotopic (exact) mass is 237 g/mol. The van der Waals surface area contributed by atoms with E-state index in [0.717, 1.165) is 37.3 Å². The molecule has 1 aromatic carbocycles. The molecule has 0 bridgehead atoms. The van der Waals surface area contributed by atoms with Gasteiger partial charge in [0.15, 0.2) is 11.5 Å². The average molecular weight is 237 g/mol. The summed E-state index contributed by atoms with van der Waals surface area (Å²) in [6.07, 6.45) is 3.31. The van der Waals surface area contributed by atoms with Crippen LogP contribution in [-0.2, 0) is 0 Å². The minimum absolute atomic E-state index is 0.554. The van der Waals surface area contributed by atoms with Crippen molar-refractivity contribution in [2.75, 3.05) is 20.8 Å². The first kappa shape index (κ1) is 13.8. The number of methoxy groups -OCH3 is 2. The van der Waals surface area contributed by atoms with Crippen molar-refractivity contribution < 1.29 is 9.47 Å². The Morgan fingerprint density at radius 1 is 1.18 bits per heavy atom. The van der Waals surface area contributed by atoms with Crippen LogP contribution >= 0.6 is 0 Å². The average Bonchev–Trinajstić information content (AvgIpc) is 2.39. The van der Waals surface area contributed by atoms with E-state index < -0.39 is 0 Å². The molecule has 0 saturated heterocycles. The quantitative estimate of drug-likeness (QED) is 0.793. The Morgan fingerprint density at radius 3 is 2.41 bits per heavy atom. The summed E-state index contributed by atoms with van der Waals surface area (Å²) in [7, 11) is 3.33. The molecule has 0 fully saturated rings. The highest BCUT2D eigenvalue weighted by molar-refractivity contribution is 5.43. The minimum Gasteiger partial charge on any atom is -0.493 e. The molecule has 0 aliphatic heterocycles. The molecule has 1 atom stereocenters. The summed E-state index contributed by atoms with van der Waals surface area (Å²) in [5, 5.41) is 0. The maximum Gasteiger partial charge on any atom is 0.160 e. The standard InChI is InChI=1S/C14H23NO2/c1-4-11(6-5-9-15)12-7-8-13(16-2)14(10-12)17-3/h7-8,10-11H,4-6,9,15H2,1-3H3. The van der Waals surface area contributed by atoms with E-state index in [9.17, 15) is 0 Å². The summed E-state index contributed by atoms with van der Waals surface area (Å²) >= 11 is 0. The molecule has 1 aromatic rings. The Hall–Kier alpha value is -1.22. The van der Waals surface area contributed by atoms with Gasteiger partial charge in [-0.25, -0.2) is 0 Å². The van der Waals surface area contributed by atoms with Gasteiger partial charge in [-0.05, 0) is 49.4 Å². The Kier molecular flexibility index (Phi) is 5.84. The molecule has 3 heteroatoms. The molecular formula is C14H23NO2.